The van der Waals surface area contributed by atoms with E-state index in [9.17, 15) is 9.59 Å². The molecule has 2 atom stereocenters. The van der Waals surface area contributed by atoms with Crippen molar-refractivity contribution in [1.29, 1.82) is 0 Å². The van der Waals surface area contributed by atoms with Crippen LogP contribution in [-0.2, 0) is 20.9 Å². The molecule has 2 fully saturated rings. The first-order chi connectivity index (χ1) is 11.2. The minimum absolute atomic E-state index is 0.0575. The maximum Gasteiger partial charge on any atom is 0.242 e. The Morgan fingerprint density at radius 3 is 2.78 bits per heavy atom. The van der Waals surface area contributed by atoms with E-state index in [2.05, 4.69) is 10.6 Å². The molecule has 2 unspecified atom stereocenters. The minimum atomic E-state index is -0.392. The van der Waals surface area contributed by atoms with Gasteiger partial charge in [0.15, 0.2) is 0 Å². The molecule has 0 spiro atoms. The Kier molecular flexibility index (Phi) is 5.12. The van der Waals surface area contributed by atoms with Gasteiger partial charge in [0.25, 0.3) is 0 Å². The quantitative estimate of drug-likeness (QED) is 0.824. The topological polar surface area (TPSA) is 76.7 Å². The maximum absolute atomic E-state index is 11.9. The number of nitrogens with one attached hydrogen (secondary N) is 2. The van der Waals surface area contributed by atoms with Crippen molar-refractivity contribution in [1.82, 2.24) is 10.6 Å². The first kappa shape index (κ1) is 15.8. The summed E-state index contributed by atoms with van der Waals surface area (Å²) in [6.07, 6.45) is 3.36. The fraction of sp³-hybridized carbons (Fsp3) is 0.529. The third kappa shape index (κ3) is 4.45. The molecule has 3 rings (SSSR count). The summed E-state index contributed by atoms with van der Waals surface area (Å²) in [5.41, 5.74) is 0.993. The second-order valence-electron chi connectivity index (χ2n) is 5.97. The van der Waals surface area contributed by atoms with Crippen molar-refractivity contribution in [2.75, 3.05) is 13.2 Å². The van der Waals surface area contributed by atoms with Crippen LogP contribution < -0.4 is 15.4 Å². The summed E-state index contributed by atoms with van der Waals surface area (Å²) in [5, 5.41) is 5.50. The number of hydrogen-bond donors (Lipinski definition) is 2. The molecule has 2 aliphatic rings. The second-order valence-corrected chi connectivity index (χ2v) is 5.97. The summed E-state index contributed by atoms with van der Waals surface area (Å²) in [6.45, 7) is 1.85. The molecule has 0 bridgehead atoms. The highest BCUT2D eigenvalue weighted by atomic mass is 16.5. The molecule has 2 aliphatic heterocycles. The van der Waals surface area contributed by atoms with Crippen LogP contribution >= 0.6 is 0 Å². The van der Waals surface area contributed by atoms with E-state index >= 15 is 0 Å². The van der Waals surface area contributed by atoms with E-state index in [-0.39, 0.29) is 17.9 Å². The van der Waals surface area contributed by atoms with Crippen LogP contribution in [0.3, 0.4) is 0 Å². The lowest BCUT2D eigenvalue weighted by Gasteiger charge is -2.13. The first-order valence-corrected chi connectivity index (χ1v) is 8.11. The maximum atomic E-state index is 11.9. The van der Waals surface area contributed by atoms with Crippen molar-refractivity contribution < 1.29 is 19.1 Å². The molecule has 2 amide bonds. The van der Waals surface area contributed by atoms with Crippen molar-refractivity contribution in [2.45, 2.75) is 44.4 Å². The number of carbonyl (C=O) groups is 2. The minimum Gasteiger partial charge on any atom is -0.491 e. The molecule has 1 aromatic carbocycles. The van der Waals surface area contributed by atoms with Gasteiger partial charge in [0, 0.05) is 19.6 Å². The molecule has 2 heterocycles. The highest BCUT2D eigenvalue weighted by Crippen LogP contribution is 2.16. The zero-order valence-corrected chi connectivity index (χ0v) is 13.0. The highest BCUT2D eigenvalue weighted by Gasteiger charge is 2.26. The summed E-state index contributed by atoms with van der Waals surface area (Å²) in [4.78, 5) is 23.0. The number of ether oxygens (including phenoxy) is 2. The molecule has 0 aromatic heterocycles. The Balaban J connectivity index is 1.42. The predicted molar refractivity (Wildman–Crippen MR) is 83.9 cm³/mol. The van der Waals surface area contributed by atoms with Crippen molar-refractivity contribution in [3.05, 3.63) is 29.8 Å². The van der Waals surface area contributed by atoms with Crippen LogP contribution in [0.4, 0.5) is 0 Å². The lowest BCUT2D eigenvalue weighted by atomic mass is 10.2. The van der Waals surface area contributed by atoms with Gasteiger partial charge < -0.3 is 20.1 Å². The van der Waals surface area contributed by atoms with Crippen LogP contribution in [0.15, 0.2) is 24.3 Å². The standard InChI is InChI=1S/C17H22N2O4/c20-16-8-7-15(19-16)17(21)18-10-12-3-5-13(6-4-12)23-11-14-2-1-9-22-14/h3-6,14-15H,1-2,7-11H2,(H,18,21)(H,19,20). The number of rotatable bonds is 6. The normalized spacial score (nSPS) is 23.6. The Bertz CT molecular complexity index is 552. The smallest absolute Gasteiger partial charge is 0.242 e. The summed E-state index contributed by atoms with van der Waals surface area (Å²) in [7, 11) is 0. The molecule has 0 saturated carbocycles. The van der Waals surface area contributed by atoms with E-state index in [1.54, 1.807) is 0 Å². The average Bonchev–Trinajstić information content (AvgIpc) is 3.23. The van der Waals surface area contributed by atoms with Crippen LogP contribution in [0.2, 0.25) is 0 Å². The third-order valence-electron chi connectivity index (χ3n) is 4.16. The van der Waals surface area contributed by atoms with Gasteiger partial charge in [0.05, 0.1) is 6.10 Å². The summed E-state index contributed by atoms with van der Waals surface area (Å²) in [6, 6.07) is 7.26. The van der Waals surface area contributed by atoms with Crippen LogP contribution in [0.5, 0.6) is 5.75 Å². The fourth-order valence-corrected chi connectivity index (χ4v) is 2.79. The van der Waals surface area contributed by atoms with Crippen molar-refractivity contribution >= 4 is 11.8 Å². The highest BCUT2D eigenvalue weighted by molar-refractivity contribution is 5.90. The van der Waals surface area contributed by atoms with Gasteiger partial charge in [0.2, 0.25) is 11.8 Å². The molecule has 0 radical (unpaired) electrons. The Morgan fingerprint density at radius 2 is 2.13 bits per heavy atom. The van der Waals surface area contributed by atoms with Crippen LogP contribution in [0.25, 0.3) is 0 Å². The van der Waals surface area contributed by atoms with Gasteiger partial charge in [-0.3, -0.25) is 9.59 Å². The van der Waals surface area contributed by atoms with Crippen LogP contribution in [0, 0.1) is 0 Å². The van der Waals surface area contributed by atoms with Gasteiger partial charge >= 0.3 is 0 Å². The van der Waals surface area contributed by atoms with E-state index in [0.717, 1.165) is 30.8 Å². The first-order valence-electron chi connectivity index (χ1n) is 8.11. The van der Waals surface area contributed by atoms with E-state index in [0.29, 0.717) is 26.0 Å². The molecular weight excluding hydrogens is 296 g/mol. The number of amides is 2. The molecule has 6 heteroatoms. The van der Waals surface area contributed by atoms with Crippen LogP contribution in [-0.4, -0.2) is 37.2 Å². The fourth-order valence-electron chi connectivity index (χ4n) is 2.79. The van der Waals surface area contributed by atoms with Gasteiger partial charge in [0.1, 0.15) is 18.4 Å². The SMILES string of the molecule is O=C1CCC(C(=O)NCc2ccc(OCC3CCCO3)cc2)N1. The molecule has 124 valence electrons. The van der Waals surface area contributed by atoms with E-state index < -0.39 is 6.04 Å². The molecule has 2 N–H and O–H groups in total. The monoisotopic (exact) mass is 318 g/mol. The summed E-state index contributed by atoms with van der Waals surface area (Å²) >= 11 is 0. The molecule has 6 nitrogen and oxygen atoms in total. The number of hydrogen-bond acceptors (Lipinski definition) is 4. The van der Waals surface area contributed by atoms with E-state index in [1.807, 2.05) is 24.3 Å². The van der Waals surface area contributed by atoms with E-state index in [4.69, 9.17) is 9.47 Å². The van der Waals surface area contributed by atoms with Gasteiger partial charge in [-0.25, -0.2) is 0 Å². The van der Waals surface area contributed by atoms with Crippen molar-refractivity contribution in [3.8, 4) is 5.75 Å². The summed E-state index contributed by atoms with van der Waals surface area (Å²) in [5.74, 6) is 0.617. The van der Waals surface area contributed by atoms with Gasteiger partial charge in [-0.2, -0.15) is 0 Å². The Hall–Kier alpha value is -2.08. The van der Waals surface area contributed by atoms with Crippen molar-refractivity contribution in [3.63, 3.8) is 0 Å². The Morgan fingerprint density at radius 1 is 1.30 bits per heavy atom. The number of carbonyl (C=O) groups excluding carboxylic acids is 2. The average molecular weight is 318 g/mol. The van der Waals surface area contributed by atoms with Crippen LogP contribution in [0.1, 0.15) is 31.2 Å². The summed E-state index contributed by atoms with van der Waals surface area (Å²) < 4.78 is 11.2. The van der Waals surface area contributed by atoms with Gasteiger partial charge in [-0.1, -0.05) is 12.1 Å². The van der Waals surface area contributed by atoms with Crippen molar-refractivity contribution in [2.24, 2.45) is 0 Å². The molecule has 23 heavy (non-hydrogen) atoms. The lowest BCUT2D eigenvalue weighted by molar-refractivity contribution is -0.125. The lowest BCUT2D eigenvalue weighted by Crippen LogP contribution is -2.41. The zero-order valence-electron chi connectivity index (χ0n) is 13.0. The molecule has 0 aliphatic carbocycles. The molecule has 2 saturated heterocycles. The molecular formula is C17H22N2O4. The zero-order chi connectivity index (χ0) is 16.1. The Labute approximate surface area is 135 Å². The third-order valence-corrected chi connectivity index (χ3v) is 4.16. The van der Waals surface area contributed by atoms with Gasteiger partial charge in [-0.15, -0.1) is 0 Å². The van der Waals surface area contributed by atoms with E-state index in [1.165, 1.54) is 0 Å². The molecule has 1 aromatic rings. The largest absolute Gasteiger partial charge is 0.491 e. The van der Waals surface area contributed by atoms with Gasteiger partial charge in [-0.05, 0) is 37.0 Å². The second kappa shape index (κ2) is 7.46. The number of benzene rings is 1. The predicted octanol–water partition coefficient (Wildman–Crippen LogP) is 1.14.